The summed E-state index contributed by atoms with van der Waals surface area (Å²) in [4.78, 5) is 10.5. The van der Waals surface area contributed by atoms with Gasteiger partial charge >= 0.3 is 5.97 Å². The van der Waals surface area contributed by atoms with E-state index in [1.807, 2.05) is 13.8 Å². The van der Waals surface area contributed by atoms with E-state index in [0.717, 1.165) is 0 Å². The van der Waals surface area contributed by atoms with Gasteiger partial charge in [-0.3, -0.25) is 0 Å². The van der Waals surface area contributed by atoms with E-state index in [2.05, 4.69) is 0 Å². The fourth-order valence-electron chi connectivity index (χ4n) is 0.869. The summed E-state index contributed by atoms with van der Waals surface area (Å²) in [5, 5.41) is 8.63. The first-order valence-corrected chi connectivity index (χ1v) is 3.92. The first-order chi connectivity index (χ1) is 5.07. The van der Waals surface area contributed by atoms with E-state index < -0.39 is 12.1 Å². The van der Waals surface area contributed by atoms with Gasteiger partial charge in [0.1, 0.15) is 0 Å². The minimum Gasteiger partial charge on any atom is -0.479 e. The average molecular weight is 160 g/mol. The van der Waals surface area contributed by atoms with Crippen LogP contribution in [0.3, 0.4) is 0 Å². The molecule has 1 N–H and O–H groups in total. The molecule has 0 aliphatic heterocycles. The normalized spacial score (nSPS) is 13.5. The van der Waals surface area contributed by atoms with Gasteiger partial charge in [-0.1, -0.05) is 13.8 Å². The highest BCUT2D eigenvalue weighted by atomic mass is 16.5. The first kappa shape index (κ1) is 10.4. The second kappa shape index (κ2) is 5.13. The quantitative estimate of drug-likeness (QED) is 0.663. The Labute approximate surface area is 67.4 Å². The van der Waals surface area contributed by atoms with E-state index in [-0.39, 0.29) is 0 Å². The summed E-state index contributed by atoms with van der Waals surface area (Å²) in [5.41, 5.74) is 0. The molecule has 0 aromatic rings. The second-order valence-electron chi connectivity index (χ2n) is 2.91. The molecule has 0 aromatic carbocycles. The third kappa shape index (κ3) is 4.79. The highest BCUT2D eigenvalue weighted by molar-refractivity contribution is 5.72. The van der Waals surface area contributed by atoms with Crippen molar-refractivity contribution in [2.45, 2.75) is 33.3 Å². The molecule has 0 heterocycles. The molecule has 1 atom stereocenters. The van der Waals surface area contributed by atoms with Crippen LogP contribution in [0, 0.1) is 5.92 Å². The van der Waals surface area contributed by atoms with E-state index in [9.17, 15) is 4.79 Å². The summed E-state index contributed by atoms with van der Waals surface area (Å²) in [7, 11) is 0. The van der Waals surface area contributed by atoms with Crippen LogP contribution in [-0.2, 0) is 9.53 Å². The third-order valence-electron chi connectivity index (χ3n) is 1.33. The van der Waals surface area contributed by atoms with Crippen molar-refractivity contribution in [3.8, 4) is 0 Å². The average Bonchev–Trinajstić information content (AvgIpc) is 1.86. The minimum atomic E-state index is -0.861. The summed E-state index contributed by atoms with van der Waals surface area (Å²) in [6.45, 7) is 6.23. The van der Waals surface area contributed by atoms with Crippen molar-refractivity contribution in [2.24, 2.45) is 5.92 Å². The molecule has 0 radical (unpaired) electrons. The molecular weight excluding hydrogens is 144 g/mol. The van der Waals surface area contributed by atoms with E-state index in [1.54, 1.807) is 6.92 Å². The Balaban J connectivity index is 3.79. The Kier molecular flexibility index (Phi) is 4.86. The lowest BCUT2D eigenvalue weighted by molar-refractivity contribution is -0.151. The molecule has 0 spiro atoms. The molecule has 0 rings (SSSR count). The van der Waals surface area contributed by atoms with Crippen molar-refractivity contribution < 1.29 is 14.6 Å². The van der Waals surface area contributed by atoms with Crippen molar-refractivity contribution >= 4 is 5.97 Å². The summed E-state index contributed by atoms with van der Waals surface area (Å²) >= 11 is 0. The number of carboxylic acid groups (broad SMARTS) is 1. The Bertz CT molecular complexity index is 121. The van der Waals surface area contributed by atoms with Gasteiger partial charge in [0, 0.05) is 6.61 Å². The molecule has 0 saturated heterocycles. The Morgan fingerprint density at radius 1 is 1.55 bits per heavy atom. The number of rotatable bonds is 5. The topological polar surface area (TPSA) is 46.5 Å². The first-order valence-electron chi connectivity index (χ1n) is 3.92. The molecule has 0 saturated carbocycles. The van der Waals surface area contributed by atoms with Crippen LogP contribution in [0.4, 0.5) is 0 Å². The second-order valence-corrected chi connectivity index (χ2v) is 2.91. The Hall–Kier alpha value is -0.570. The lowest BCUT2D eigenvalue weighted by Gasteiger charge is -2.13. The van der Waals surface area contributed by atoms with Gasteiger partial charge in [0.05, 0.1) is 0 Å². The van der Waals surface area contributed by atoms with Gasteiger partial charge < -0.3 is 9.84 Å². The standard InChI is InChI=1S/C8H16O3/c1-4-11-7(8(9)10)5-6(2)3/h6-7H,4-5H2,1-3H3,(H,9,10)/t7-/m0/s1. The maximum Gasteiger partial charge on any atom is 0.332 e. The maximum absolute atomic E-state index is 10.5. The van der Waals surface area contributed by atoms with Crippen LogP contribution in [-0.4, -0.2) is 23.8 Å². The number of ether oxygens (including phenoxy) is 1. The predicted octanol–water partition coefficient (Wildman–Crippen LogP) is 1.52. The van der Waals surface area contributed by atoms with E-state index in [4.69, 9.17) is 9.84 Å². The number of hydrogen-bond acceptors (Lipinski definition) is 2. The molecule has 0 aliphatic rings. The number of carboxylic acids is 1. The molecular formula is C8H16O3. The van der Waals surface area contributed by atoms with Crippen molar-refractivity contribution in [2.75, 3.05) is 6.61 Å². The van der Waals surface area contributed by atoms with Crippen molar-refractivity contribution in [3.05, 3.63) is 0 Å². The third-order valence-corrected chi connectivity index (χ3v) is 1.33. The van der Waals surface area contributed by atoms with Crippen LogP contribution in [0.5, 0.6) is 0 Å². The molecule has 0 aliphatic carbocycles. The van der Waals surface area contributed by atoms with Crippen LogP contribution >= 0.6 is 0 Å². The lowest BCUT2D eigenvalue weighted by Crippen LogP contribution is -2.25. The largest absolute Gasteiger partial charge is 0.479 e. The van der Waals surface area contributed by atoms with E-state index >= 15 is 0 Å². The van der Waals surface area contributed by atoms with Crippen molar-refractivity contribution in [1.29, 1.82) is 0 Å². The van der Waals surface area contributed by atoms with Crippen LogP contribution in [0.1, 0.15) is 27.2 Å². The van der Waals surface area contributed by atoms with Gasteiger partial charge in [0.25, 0.3) is 0 Å². The molecule has 0 amide bonds. The Morgan fingerprint density at radius 2 is 2.09 bits per heavy atom. The number of hydrogen-bond donors (Lipinski definition) is 1. The van der Waals surface area contributed by atoms with E-state index in [0.29, 0.717) is 18.9 Å². The summed E-state index contributed by atoms with van der Waals surface area (Å²) < 4.78 is 5.01. The zero-order chi connectivity index (χ0) is 8.85. The molecule has 3 heteroatoms. The molecule has 0 bridgehead atoms. The lowest BCUT2D eigenvalue weighted by atomic mass is 10.1. The molecule has 0 fully saturated rings. The van der Waals surface area contributed by atoms with Crippen molar-refractivity contribution in [1.82, 2.24) is 0 Å². The minimum absolute atomic E-state index is 0.364. The van der Waals surface area contributed by atoms with Crippen LogP contribution in [0.2, 0.25) is 0 Å². The number of carbonyl (C=O) groups is 1. The van der Waals surface area contributed by atoms with Gasteiger partial charge in [-0.15, -0.1) is 0 Å². The summed E-state index contributed by atoms with van der Waals surface area (Å²) in [6.07, 6.45) is -0.0385. The van der Waals surface area contributed by atoms with Gasteiger partial charge in [0.15, 0.2) is 6.10 Å². The fraction of sp³-hybridized carbons (Fsp3) is 0.875. The zero-order valence-electron chi connectivity index (χ0n) is 7.33. The van der Waals surface area contributed by atoms with Crippen LogP contribution < -0.4 is 0 Å². The van der Waals surface area contributed by atoms with Crippen LogP contribution in [0.25, 0.3) is 0 Å². The summed E-state index contributed by atoms with van der Waals surface area (Å²) in [6, 6.07) is 0. The van der Waals surface area contributed by atoms with Gasteiger partial charge in [-0.2, -0.15) is 0 Å². The zero-order valence-corrected chi connectivity index (χ0v) is 7.33. The maximum atomic E-state index is 10.5. The summed E-state index contributed by atoms with van der Waals surface area (Å²) in [5.74, 6) is -0.497. The highest BCUT2D eigenvalue weighted by Gasteiger charge is 2.18. The molecule has 66 valence electrons. The molecule has 3 nitrogen and oxygen atoms in total. The van der Waals surface area contributed by atoms with Gasteiger partial charge in [0.2, 0.25) is 0 Å². The highest BCUT2D eigenvalue weighted by Crippen LogP contribution is 2.07. The SMILES string of the molecule is CCO[C@@H](CC(C)C)C(=O)O. The van der Waals surface area contributed by atoms with Crippen LogP contribution in [0.15, 0.2) is 0 Å². The monoisotopic (exact) mass is 160 g/mol. The van der Waals surface area contributed by atoms with Crippen molar-refractivity contribution in [3.63, 3.8) is 0 Å². The molecule has 0 aromatic heterocycles. The molecule has 11 heavy (non-hydrogen) atoms. The van der Waals surface area contributed by atoms with Gasteiger partial charge in [-0.25, -0.2) is 4.79 Å². The molecule has 0 unspecified atom stereocenters. The predicted molar refractivity (Wildman–Crippen MR) is 42.5 cm³/mol. The number of aliphatic carboxylic acids is 1. The Morgan fingerprint density at radius 3 is 2.36 bits per heavy atom. The van der Waals surface area contributed by atoms with Gasteiger partial charge in [-0.05, 0) is 19.3 Å². The smallest absolute Gasteiger partial charge is 0.332 e. The fourth-order valence-corrected chi connectivity index (χ4v) is 0.869. The van der Waals surface area contributed by atoms with E-state index in [1.165, 1.54) is 0 Å².